The Kier molecular flexibility index (Phi) is 5.99. The van der Waals surface area contributed by atoms with E-state index in [9.17, 15) is 9.18 Å². The molecule has 3 aliphatic rings. The van der Waals surface area contributed by atoms with Gasteiger partial charge >= 0.3 is 6.09 Å². The molecule has 1 spiro atoms. The van der Waals surface area contributed by atoms with Crippen molar-refractivity contribution in [2.24, 2.45) is 5.41 Å². The fourth-order valence-electron chi connectivity index (χ4n) is 5.74. The van der Waals surface area contributed by atoms with Crippen LogP contribution in [-0.4, -0.2) is 82.6 Å². The molecule has 2 saturated heterocycles. The summed E-state index contributed by atoms with van der Waals surface area (Å²) in [7, 11) is 0. The van der Waals surface area contributed by atoms with Crippen molar-refractivity contribution < 1.29 is 13.9 Å². The number of hydrogen-bond donors (Lipinski definition) is 0. The van der Waals surface area contributed by atoms with Gasteiger partial charge in [0.05, 0.1) is 18.5 Å². The number of aromatic nitrogens is 3. The lowest BCUT2D eigenvalue weighted by molar-refractivity contribution is -0.00294. The first kappa shape index (κ1) is 22.1. The third-order valence-electron chi connectivity index (χ3n) is 7.46. The quantitative estimate of drug-likeness (QED) is 0.688. The first-order valence-electron chi connectivity index (χ1n) is 12.1. The number of carbonyl (C=O) groups excluding carboxylic acids is 1. The zero-order chi connectivity index (χ0) is 23.0. The molecule has 0 aromatic carbocycles. The van der Waals surface area contributed by atoms with Crippen molar-refractivity contribution in [1.29, 1.82) is 0 Å². The van der Waals surface area contributed by atoms with Gasteiger partial charge in [-0.2, -0.15) is 5.10 Å². The molecule has 2 aliphatic heterocycles. The second-order valence-electron chi connectivity index (χ2n) is 9.56. The van der Waals surface area contributed by atoms with Crippen LogP contribution in [0, 0.1) is 11.2 Å². The molecule has 4 heterocycles. The molecule has 1 atom stereocenters. The Morgan fingerprint density at radius 3 is 2.73 bits per heavy atom. The number of likely N-dealkylation sites (tertiary alicyclic amines) is 1. The Morgan fingerprint density at radius 1 is 1.24 bits per heavy atom. The lowest BCUT2D eigenvalue weighted by atomic mass is 9.78. The summed E-state index contributed by atoms with van der Waals surface area (Å²) >= 11 is 0. The van der Waals surface area contributed by atoms with Gasteiger partial charge in [-0.05, 0) is 45.2 Å². The number of hydrogen-bond acceptors (Lipinski definition) is 6. The molecule has 1 saturated carbocycles. The van der Waals surface area contributed by atoms with Gasteiger partial charge in [-0.15, -0.1) is 0 Å². The topological polar surface area (TPSA) is 66.7 Å². The van der Waals surface area contributed by atoms with E-state index < -0.39 is 0 Å². The van der Waals surface area contributed by atoms with Crippen molar-refractivity contribution in [1.82, 2.24) is 24.6 Å². The van der Waals surface area contributed by atoms with Crippen LogP contribution in [0.25, 0.3) is 11.3 Å². The summed E-state index contributed by atoms with van der Waals surface area (Å²) in [6.45, 7) is 10.4. The predicted molar refractivity (Wildman–Crippen MR) is 124 cm³/mol. The first-order chi connectivity index (χ1) is 16.0. The van der Waals surface area contributed by atoms with Crippen molar-refractivity contribution in [3.8, 4) is 11.3 Å². The minimum absolute atomic E-state index is 0.174. The van der Waals surface area contributed by atoms with Gasteiger partial charge in [-0.1, -0.05) is 0 Å². The molecular formula is C24H33FN6O2. The number of anilines is 1. The van der Waals surface area contributed by atoms with E-state index in [1.165, 1.54) is 19.0 Å². The van der Waals surface area contributed by atoms with Crippen LogP contribution < -0.4 is 4.90 Å². The highest BCUT2D eigenvalue weighted by atomic mass is 19.1. The Morgan fingerprint density at radius 2 is 2.03 bits per heavy atom. The third-order valence-corrected chi connectivity index (χ3v) is 7.46. The maximum Gasteiger partial charge on any atom is 0.409 e. The molecule has 2 aromatic rings. The van der Waals surface area contributed by atoms with Crippen LogP contribution in [0.3, 0.4) is 0 Å². The molecule has 178 valence electrons. The average molecular weight is 457 g/mol. The zero-order valence-electron chi connectivity index (χ0n) is 19.5. The molecule has 9 heteroatoms. The van der Waals surface area contributed by atoms with Crippen molar-refractivity contribution in [2.75, 3.05) is 50.8 Å². The summed E-state index contributed by atoms with van der Waals surface area (Å²) in [6, 6.07) is 4.04. The summed E-state index contributed by atoms with van der Waals surface area (Å²) in [5, 5.41) is 4.57. The number of nitrogens with zero attached hydrogens (tertiary/aromatic N) is 6. The Bertz CT molecular complexity index is 997. The number of carbonyl (C=O) groups is 1. The van der Waals surface area contributed by atoms with E-state index in [2.05, 4.69) is 19.9 Å². The number of ether oxygens (including phenoxy) is 1. The monoisotopic (exact) mass is 456 g/mol. The number of pyridine rings is 1. The number of aryl methyl sites for hydroxylation is 1. The minimum Gasteiger partial charge on any atom is -0.450 e. The zero-order valence-corrected chi connectivity index (χ0v) is 19.5. The highest BCUT2D eigenvalue weighted by Crippen LogP contribution is 2.47. The van der Waals surface area contributed by atoms with Gasteiger partial charge in [-0.25, -0.2) is 14.2 Å². The molecule has 3 fully saturated rings. The van der Waals surface area contributed by atoms with E-state index in [4.69, 9.17) is 4.74 Å². The molecule has 0 N–H and O–H groups in total. The van der Waals surface area contributed by atoms with Crippen LogP contribution in [0.15, 0.2) is 24.5 Å². The summed E-state index contributed by atoms with van der Waals surface area (Å²) < 4.78 is 21.0. The molecule has 5 rings (SSSR count). The third kappa shape index (κ3) is 4.30. The lowest BCUT2D eigenvalue weighted by Crippen LogP contribution is -2.58. The SMILES string of the molecule is CCOC(=O)N1CC2(CC[C@@H](N3CCN(c4ncc(F)cc4-c4ccn(CC)n4)CC3)C2)C1. The Labute approximate surface area is 194 Å². The predicted octanol–water partition coefficient (Wildman–Crippen LogP) is 3.24. The Balaban J connectivity index is 1.20. The maximum atomic E-state index is 14.0. The van der Waals surface area contributed by atoms with Crippen LogP contribution in [0.5, 0.6) is 0 Å². The largest absolute Gasteiger partial charge is 0.450 e. The van der Waals surface area contributed by atoms with E-state index >= 15 is 0 Å². The van der Waals surface area contributed by atoms with Crippen LogP contribution in [0.4, 0.5) is 15.0 Å². The fourth-order valence-corrected chi connectivity index (χ4v) is 5.74. The molecule has 33 heavy (non-hydrogen) atoms. The van der Waals surface area contributed by atoms with Gasteiger partial charge in [0.2, 0.25) is 0 Å². The molecule has 0 radical (unpaired) electrons. The van der Waals surface area contributed by atoms with Crippen LogP contribution >= 0.6 is 0 Å². The van der Waals surface area contributed by atoms with Gasteiger partial charge in [0.15, 0.2) is 0 Å². The van der Waals surface area contributed by atoms with Gasteiger partial charge in [0.1, 0.15) is 11.6 Å². The fraction of sp³-hybridized carbons (Fsp3) is 0.625. The molecule has 1 aliphatic carbocycles. The standard InChI is InChI=1S/C24H33FN6O2/c1-3-31-8-6-21(27-31)20-13-18(25)15-26-22(20)29-11-9-28(10-12-29)19-5-7-24(14-19)16-30(17-24)23(32)33-4-2/h6,8,13,15,19H,3-5,7,9-12,14,16-17H2,1-2H3/t19-/m1/s1. The van der Waals surface area contributed by atoms with Crippen LogP contribution in [-0.2, 0) is 11.3 Å². The normalized spacial score (nSPS) is 22.6. The average Bonchev–Trinajstić information content (AvgIpc) is 3.46. The van der Waals surface area contributed by atoms with E-state index in [1.807, 2.05) is 35.7 Å². The molecule has 0 bridgehead atoms. The van der Waals surface area contributed by atoms with E-state index in [0.717, 1.165) is 69.3 Å². The number of piperazine rings is 1. The van der Waals surface area contributed by atoms with E-state index in [-0.39, 0.29) is 17.3 Å². The second kappa shape index (κ2) is 8.93. The number of rotatable bonds is 5. The molecule has 2 aromatic heterocycles. The Hall–Kier alpha value is -2.68. The summed E-state index contributed by atoms with van der Waals surface area (Å²) in [5.74, 6) is 0.469. The van der Waals surface area contributed by atoms with Gasteiger partial charge in [0, 0.05) is 69.0 Å². The van der Waals surface area contributed by atoms with Gasteiger partial charge in [-0.3, -0.25) is 9.58 Å². The molecule has 1 amide bonds. The van der Waals surface area contributed by atoms with Crippen molar-refractivity contribution in [3.05, 3.63) is 30.3 Å². The smallest absolute Gasteiger partial charge is 0.409 e. The number of amides is 1. The van der Waals surface area contributed by atoms with Gasteiger partial charge in [0.25, 0.3) is 0 Å². The number of halogens is 1. The second-order valence-corrected chi connectivity index (χ2v) is 9.56. The molecule has 8 nitrogen and oxygen atoms in total. The van der Waals surface area contributed by atoms with Crippen molar-refractivity contribution in [3.63, 3.8) is 0 Å². The van der Waals surface area contributed by atoms with Crippen molar-refractivity contribution in [2.45, 2.75) is 45.7 Å². The van der Waals surface area contributed by atoms with E-state index in [0.29, 0.717) is 12.6 Å². The van der Waals surface area contributed by atoms with Crippen molar-refractivity contribution >= 4 is 11.9 Å². The maximum absolute atomic E-state index is 14.0. The summed E-state index contributed by atoms with van der Waals surface area (Å²) in [6.07, 6.45) is 6.56. The van der Waals surface area contributed by atoms with Crippen LogP contribution in [0.1, 0.15) is 33.1 Å². The van der Waals surface area contributed by atoms with Gasteiger partial charge < -0.3 is 14.5 Å². The highest BCUT2D eigenvalue weighted by Gasteiger charge is 2.51. The highest BCUT2D eigenvalue weighted by molar-refractivity contribution is 5.73. The first-order valence-corrected chi connectivity index (χ1v) is 12.1. The lowest BCUT2D eigenvalue weighted by Gasteiger charge is -2.48. The summed E-state index contributed by atoms with van der Waals surface area (Å²) in [4.78, 5) is 23.1. The van der Waals surface area contributed by atoms with Crippen LogP contribution in [0.2, 0.25) is 0 Å². The minimum atomic E-state index is -0.341. The molecular weight excluding hydrogens is 423 g/mol. The van der Waals surface area contributed by atoms with E-state index in [1.54, 1.807) is 6.07 Å². The molecule has 0 unspecified atom stereocenters. The summed E-state index contributed by atoms with van der Waals surface area (Å²) in [5.41, 5.74) is 1.79.